The number of oxime groups is 1. The van der Waals surface area contributed by atoms with Crippen molar-refractivity contribution in [3.63, 3.8) is 0 Å². The number of nitrogens with zero attached hydrogens (tertiary/aromatic N) is 1. The molecule has 0 amide bonds. The van der Waals surface area contributed by atoms with Crippen molar-refractivity contribution in [3.05, 3.63) is 0 Å². The topological polar surface area (TPSA) is 70.6 Å². The smallest absolute Gasteiger partial charge is 0.139 e. The molecule has 0 aromatic carbocycles. The van der Waals surface area contributed by atoms with Crippen LogP contribution >= 0.6 is 0 Å². The molecule has 1 saturated carbocycles. The normalized spacial score (nSPS) is 18.6. The number of hydrogen-bond donors (Lipinski definition) is 3. The predicted octanol–water partition coefficient (Wildman–Crippen LogP) is 1.29. The van der Waals surface area contributed by atoms with Crippen LogP contribution in [-0.4, -0.2) is 23.1 Å². The summed E-state index contributed by atoms with van der Waals surface area (Å²) in [6, 6.07) is 0. The Morgan fingerprint density at radius 1 is 1.57 bits per heavy atom. The van der Waals surface area contributed by atoms with Crippen molar-refractivity contribution < 1.29 is 5.21 Å². The average molecular weight is 199 g/mol. The zero-order valence-corrected chi connectivity index (χ0v) is 9.08. The summed E-state index contributed by atoms with van der Waals surface area (Å²) in [7, 11) is 0. The molecule has 4 nitrogen and oxygen atoms in total. The third-order valence-corrected chi connectivity index (χ3v) is 2.92. The van der Waals surface area contributed by atoms with Crippen molar-refractivity contribution in [3.8, 4) is 0 Å². The maximum atomic E-state index is 8.33. The molecule has 1 rings (SSSR count). The van der Waals surface area contributed by atoms with Crippen LogP contribution in [0.25, 0.3) is 0 Å². The maximum Gasteiger partial charge on any atom is 0.139 e. The molecule has 0 unspecified atom stereocenters. The molecule has 0 spiro atoms. The van der Waals surface area contributed by atoms with Crippen LogP contribution in [-0.2, 0) is 0 Å². The van der Waals surface area contributed by atoms with Crippen molar-refractivity contribution in [2.75, 3.05) is 6.54 Å². The first-order valence-electron chi connectivity index (χ1n) is 5.27. The van der Waals surface area contributed by atoms with Crippen LogP contribution in [0.15, 0.2) is 5.16 Å². The molecule has 0 saturated heterocycles. The Labute approximate surface area is 85.6 Å². The van der Waals surface area contributed by atoms with Crippen molar-refractivity contribution in [2.45, 2.75) is 45.1 Å². The molecular formula is C10H21N3O. The van der Waals surface area contributed by atoms with Crippen LogP contribution < -0.4 is 11.1 Å². The van der Waals surface area contributed by atoms with Gasteiger partial charge in [0.1, 0.15) is 5.84 Å². The molecular weight excluding hydrogens is 178 g/mol. The molecule has 0 aromatic heterocycles. The summed E-state index contributed by atoms with van der Waals surface area (Å²) in [4.78, 5) is 0. The fourth-order valence-electron chi connectivity index (χ4n) is 1.68. The van der Waals surface area contributed by atoms with Gasteiger partial charge in [-0.2, -0.15) is 0 Å². The molecule has 4 heteroatoms. The highest BCUT2D eigenvalue weighted by Crippen LogP contribution is 2.39. The molecule has 1 fully saturated rings. The van der Waals surface area contributed by atoms with Gasteiger partial charge in [-0.1, -0.05) is 5.16 Å². The first kappa shape index (κ1) is 11.3. The van der Waals surface area contributed by atoms with Gasteiger partial charge in [0.15, 0.2) is 0 Å². The van der Waals surface area contributed by atoms with E-state index in [2.05, 4.69) is 24.3 Å². The van der Waals surface area contributed by atoms with E-state index in [1.54, 1.807) is 0 Å². The van der Waals surface area contributed by atoms with E-state index in [0.29, 0.717) is 12.3 Å². The predicted molar refractivity (Wildman–Crippen MR) is 57.4 cm³/mol. The Morgan fingerprint density at radius 2 is 2.21 bits per heavy atom. The number of nitrogens with two attached hydrogens (primary N) is 1. The minimum atomic E-state index is 0.255. The van der Waals surface area contributed by atoms with Crippen LogP contribution in [0.4, 0.5) is 0 Å². The Hall–Kier alpha value is -0.770. The van der Waals surface area contributed by atoms with E-state index < -0.39 is 0 Å². The summed E-state index contributed by atoms with van der Waals surface area (Å²) in [5.41, 5.74) is 5.62. The van der Waals surface area contributed by atoms with E-state index >= 15 is 0 Å². The molecule has 14 heavy (non-hydrogen) atoms. The fourth-order valence-corrected chi connectivity index (χ4v) is 1.68. The summed E-state index contributed by atoms with van der Waals surface area (Å²) < 4.78 is 0. The van der Waals surface area contributed by atoms with E-state index in [1.807, 2.05) is 0 Å². The highest BCUT2D eigenvalue weighted by Gasteiger charge is 2.36. The lowest BCUT2D eigenvalue weighted by Crippen LogP contribution is -2.42. The molecule has 1 aliphatic rings. The van der Waals surface area contributed by atoms with E-state index in [0.717, 1.165) is 18.9 Å². The highest BCUT2D eigenvalue weighted by atomic mass is 16.4. The monoisotopic (exact) mass is 199 g/mol. The first-order chi connectivity index (χ1) is 6.56. The molecule has 1 aliphatic carbocycles. The summed E-state index contributed by atoms with van der Waals surface area (Å²) in [5.74, 6) is 1.15. The quantitative estimate of drug-likeness (QED) is 0.198. The Balaban J connectivity index is 2.08. The van der Waals surface area contributed by atoms with Gasteiger partial charge in [-0.05, 0) is 45.6 Å². The van der Waals surface area contributed by atoms with Gasteiger partial charge in [-0.25, -0.2) is 0 Å². The molecule has 4 N–H and O–H groups in total. The maximum absolute atomic E-state index is 8.33. The van der Waals surface area contributed by atoms with Gasteiger partial charge in [0.2, 0.25) is 0 Å². The summed E-state index contributed by atoms with van der Waals surface area (Å²) >= 11 is 0. The van der Waals surface area contributed by atoms with Gasteiger partial charge < -0.3 is 16.3 Å². The zero-order valence-electron chi connectivity index (χ0n) is 9.08. The lowest BCUT2D eigenvalue weighted by atomic mass is 9.98. The fraction of sp³-hybridized carbons (Fsp3) is 0.900. The van der Waals surface area contributed by atoms with Crippen LogP contribution in [0.2, 0.25) is 0 Å². The second-order valence-corrected chi connectivity index (χ2v) is 4.62. The third kappa shape index (κ3) is 3.54. The minimum Gasteiger partial charge on any atom is -0.409 e. The van der Waals surface area contributed by atoms with Crippen LogP contribution in [0.5, 0.6) is 0 Å². The number of nitrogens with one attached hydrogen (secondary N) is 1. The van der Waals surface area contributed by atoms with Crippen LogP contribution in [0, 0.1) is 5.92 Å². The second-order valence-electron chi connectivity index (χ2n) is 4.62. The second kappa shape index (κ2) is 4.64. The van der Waals surface area contributed by atoms with E-state index in [9.17, 15) is 0 Å². The summed E-state index contributed by atoms with van der Waals surface area (Å²) in [5, 5.41) is 14.8. The lowest BCUT2D eigenvalue weighted by molar-refractivity contribution is 0.315. The van der Waals surface area contributed by atoms with Crippen molar-refractivity contribution in [1.29, 1.82) is 0 Å². The van der Waals surface area contributed by atoms with Crippen LogP contribution in [0.3, 0.4) is 0 Å². The largest absolute Gasteiger partial charge is 0.409 e. The summed E-state index contributed by atoms with van der Waals surface area (Å²) in [6.45, 7) is 5.42. The van der Waals surface area contributed by atoms with Gasteiger partial charge in [0.05, 0.1) is 0 Å². The minimum absolute atomic E-state index is 0.255. The molecule has 0 aliphatic heterocycles. The standard InChI is InChI=1S/C10H21N3O/c1-10(2,8-5-6-8)12-7-3-4-9(11)13-14/h8,12,14H,3-7H2,1-2H3,(H2,11,13). The van der Waals surface area contributed by atoms with Crippen molar-refractivity contribution in [2.24, 2.45) is 16.8 Å². The molecule has 0 atom stereocenters. The van der Waals surface area contributed by atoms with Gasteiger partial charge in [-0.3, -0.25) is 0 Å². The van der Waals surface area contributed by atoms with Gasteiger partial charge >= 0.3 is 0 Å². The van der Waals surface area contributed by atoms with Gasteiger partial charge in [0, 0.05) is 12.0 Å². The molecule has 0 heterocycles. The van der Waals surface area contributed by atoms with Crippen LogP contribution in [0.1, 0.15) is 39.5 Å². The van der Waals surface area contributed by atoms with E-state index in [-0.39, 0.29) is 5.54 Å². The summed E-state index contributed by atoms with van der Waals surface area (Å²) in [6.07, 6.45) is 4.27. The number of hydrogen-bond acceptors (Lipinski definition) is 3. The molecule has 0 radical (unpaired) electrons. The third-order valence-electron chi connectivity index (χ3n) is 2.92. The van der Waals surface area contributed by atoms with Gasteiger partial charge in [-0.15, -0.1) is 0 Å². The van der Waals surface area contributed by atoms with Gasteiger partial charge in [0.25, 0.3) is 0 Å². The zero-order chi connectivity index (χ0) is 10.6. The number of amidine groups is 1. The number of rotatable bonds is 6. The van der Waals surface area contributed by atoms with Crippen molar-refractivity contribution in [1.82, 2.24) is 5.32 Å². The highest BCUT2D eigenvalue weighted by molar-refractivity contribution is 5.79. The van der Waals surface area contributed by atoms with E-state index in [4.69, 9.17) is 10.9 Å². The Bertz CT molecular complexity index is 209. The first-order valence-corrected chi connectivity index (χ1v) is 5.27. The average Bonchev–Trinajstić information content (AvgIpc) is 2.95. The van der Waals surface area contributed by atoms with E-state index in [1.165, 1.54) is 12.8 Å². The Kier molecular flexibility index (Phi) is 3.75. The molecule has 0 bridgehead atoms. The van der Waals surface area contributed by atoms with Crippen molar-refractivity contribution >= 4 is 5.84 Å². The Morgan fingerprint density at radius 3 is 2.71 bits per heavy atom. The lowest BCUT2D eigenvalue weighted by Gasteiger charge is -2.26. The molecule has 0 aromatic rings. The SMILES string of the molecule is CC(C)(NCCCC(N)=NO)C1CC1. The molecule has 82 valence electrons.